The van der Waals surface area contributed by atoms with E-state index >= 15 is 0 Å². The highest BCUT2D eigenvalue weighted by atomic mass is 35.5. The summed E-state index contributed by atoms with van der Waals surface area (Å²) >= 11 is 5.86. The van der Waals surface area contributed by atoms with Crippen LogP contribution in [0.2, 0.25) is 5.02 Å². The summed E-state index contributed by atoms with van der Waals surface area (Å²) in [5.41, 5.74) is 0.334. The summed E-state index contributed by atoms with van der Waals surface area (Å²) in [5, 5.41) is 11.7. The quantitative estimate of drug-likeness (QED) is 0.220. The second-order valence-electron chi connectivity index (χ2n) is 6.41. The minimum absolute atomic E-state index is 0.0245. The highest BCUT2D eigenvalue weighted by Crippen LogP contribution is 2.27. The highest BCUT2D eigenvalue weighted by Gasteiger charge is 2.27. The van der Waals surface area contributed by atoms with E-state index in [1.165, 1.54) is 48.5 Å². The van der Waals surface area contributed by atoms with Gasteiger partial charge in [-0.3, -0.25) is 14.9 Å². The standard InChI is InChI=1S/C22H16ClNO5S/c23-19-12-10-17(11-13-19)22(25)21(14-18-8-4-5-9-20(18)24(26)27)30(28,29)15-16-6-2-1-3-7-16/h1-14H,15H2/b21-14+. The molecule has 0 amide bonds. The molecule has 0 atom stereocenters. The van der Waals surface area contributed by atoms with E-state index in [9.17, 15) is 23.3 Å². The van der Waals surface area contributed by atoms with Crippen LogP contribution in [0.3, 0.4) is 0 Å². The van der Waals surface area contributed by atoms with Crippen molar-refractivity contribution in [3.63, 3.8) is 0 Å². The maximum atomic E-state index is 13.2. The first-order valence-electron chi connectivity index (χ1n) is 8.80. The fourth-order valence-corrected chi connectivity index (χ4v) is 4.45. The van der Waals surface area contributed by atoms with Gasteiger partial charge in [0.15, 0.2) is 9.84 Å². The van der Waals surface area contributed by atoms with Crippen LogP contribution in [0.4, 0.5) is 5.69 Å². The average molecular weight is 442 g/mol. The van der Waals surface area contributed by atoms with Crippen molar-refractivity contribution in [2.24, 2.45) is 0 Å². The van der Waals surface area contributed by atoms with Crippen LogP contribution in [0.25, 0.3) is 6.08 Å². The number of hydrogen-bond donors (Lipinski definition) is 0. The highest BCUT2D eigenvalue weighted by molar-refractivity contribution is 7.95. The van der Waals surface area contributed by atoms with Crippen molar-refractivity contribution in [3.8, 4) is 0 Å². The molecule has 3 rings (SSSR count). The lowest BCUT2D eigenvalue weighted by Gasteiger charge is -2.10. The lowest BCUT2D eigenvalue weighted by molar-refractivity contribution is -0.385. The van der Waals surface area contributed by atoms with Crippen LogP contribution in [0.5, 0.6) is 0 Å². The number of ketones is 1. The molecule has 0 fully saturated rings. The molecule has 0 bridgehead atoms. The minimum Gasteiger partial charge on any atom is -0.288 e. The van der Waals surface area contributed by atoms with E-state index in [-0.39, 0.29) is 16.8 Å². The van der Waals surface area contributed by atoms with E-state index < -0.39 is 31.2 Å². The summed E-state index contributed by atoms with van der Waals surface area (Å²) in [7, 11) is -4.12. The molecule has 0 saturated heterocycles. The zero-order chi connectivity index (χ0) is 21.7. The number of rotatable bonds is 7. The first-order chi connectivity index (χ1) is 14.3. The molecule has 152 valence electrons. The number of nitrogens with zero attached hydrogens (tertiary/aromatic N) is 1. The summed E-state index contributed by atoms with van der Waals surface area (Å²) in [6.07, 6.45) is 1.06. The lowest BCUT2D eigenvalue weighted by Crippen LogP contribution is -2.16. The molecular formula is C22H16ClNO5S. The third-order valence-corrected chi connectivity index (χ3v) is 6.22. The second-order valence-corrected chi connectivity index (χ2v) is 8.80. The van der Waals surface area contributed by atoms with Crippen LogP contribution in [-0.2, 0) is 15.6 Å². The number of halogens is 1. The van der Waals surface area contributed by atoms with Gasteiger partial charge < -0.3 is 0 Å². The van der Waals surface area contributed by atoms with Gasteiger partial charge in [0.2, 0.25) is 5.78 Å². The molecule has 0 unspecified atom stereocenters. The maximum absolute atomic E-state index is 13.2. The van der Waals surface area contributed by atoms with Gasteiger partial charge in [0.1, 0.15) is 4.91 Å². The molecule has 0 aromatic heterocycles. The van der Waals surface area contributed by atoms with Gasteiger partial charge in [-0.1, -0.05) is 54.1 Å². The van der Waals surface area contributed by atoms with Crippen LogP contribution >= 0.6 is 11.6 Å². The molecule has 30 heavy (non-hydrogen) atoms. The molecule has 0 aliphatic heterocycles. The molecule has 0 saturated carbocycles. The number of nitro groups is 1. The SMILES string of the molecule is O=C(/C(=C\c1ccccc1[N+](=O)[O-])S(=O)(=O)Cc1ccccc1)c1ccc(Cl)cc1. The number of sulfone groups is 1. The molecule has 6 nitrogen and oxygen atoms in total. The number of nitro benzene ring substituents is 1. The van der Waals surface area contributed by atoms with Gasteiger partial charge in [-0.25, -0.2) is 8.42 Å². The smallest absolute Gasteiger partial charge is 0.276 e. The molecule has 3 aromatic rings. The van der Waals surface area contributed by atoms with Gasteiger partial charge in [-0.2, -0.15) is 0 Å². The molecule has 0 spiro atoms. The Morgan fingerprint density at radius 1 is 0.933 bits per heavy atom. The summed E-state index contributed by atoms with van der Waals surface area (Å²) in [6.45, 7) is 0. The second kappa shape index (κ2) is 9.02. The van der Waals surface area contributed by atoms with Crippen molar-refractivity contribution in [2.45, 2.75) is 5.75 Å². The van der Waals surface area contributed by atoms with Crippen molar-refractivity contribution in [1.82, 2.24) is 0 Å². The Morgan fingerprint density at radius 3 is 2.17 bits per heavy atom. The van der Waals surface area contributed by atoms with Gasteiger partial charge in [-0.05, 0) is 42.0 Å². The summed E-state index contributed by atoms with van der Waals surface area (Å²) in [6, 6.07) is 19.8. The third-order valence-electron chi connectivity index (χ3n) is 4.28. The lowest BCUT2D eigenvalue weighted by atomic mass is 10.1. The molecule has 0 heterocycles. The van der Waals surface area contributed by atoms with E-state index in [4.69, 9.17) is 11.6 Å². The Morgan fingerprint density at radius 2 is 1.53 bits per heavy atom. The van der Waals surface area contributed by atoms with Crippen molar-refractivity contribution in [2.75, 3.05) is 0 Å². The summed E-state index contributed by atoms with van der Waals surface area (Å²) in [4.78, 5) is 23.3. The summed E-state index contributed by atoms with van der Waals surface area (Å²) < 4.78 is 26.4. The summed E-state index contributed by atoms with van der Waals surface area (Å²) in [5.74, 6) is -1.18. The molecule has 0 radical (unpaired) electrons. The van der Waals surface area contributed by atoms with Gasteiger partial charge in [0, 0.05) is 16.7 Å². The van der Waals surface area contributed by atoms with Crippen LogP contribution in [0, 0.1) is 10.1 Å². The number of para-hydroxylation sites is 1. The van der Waals surface area contributed by atoms with Gasteiger partial charge >= 0.3 is 0 Å². The number of hydrogen-bond acceptors (Lipinski definition) is 5. The van der Waals surface area contributed by atoms with Crippen LogP contribution in [-0.4, -0.2) is 19.1 Å². The Kier molecular flexibility index (Phi) is 6.44. The Labute approximate surface area is 178 Å². The van der Waals surface area contributed by atoms with Crippen LogP contribution < -0.4 is 0 Å². The zero-order valence-electron chi connectivity index (χ0n) is 15.6. The molecule has 0 N–H and O–H groups in total. The third kappa shape index (κ3) is 5.00. The molecular weight excluding hydrogens is 426 g/mol. The first-order valence-corrected chi connectivity index (χ1v) is 10.8. The number of benzene rings is 3. The van der Waals surface area contributed by atoms with E-state index in [1.54, 1.807) is 30.3 Å². The van der Waals surface area contributed by atoms with Crippen LogP contribution in [0.1, 0.15) is 21.5 Å². The number of Topliss-reactive ketones (excluding diaryl/α,β-unsaturated/α-hetero) is 1. The molecule has 0 aliphatic carbocycles. The van der Waals surface area contributed by atoms with Crippen molar-refractivity contribution < 1.29 is 18.1 Å². The minimum atomic E-state index is -4.12. The van der Waals surface area contributed by atoms with Gasteiger partial charge in [0.25, 0.3) is 5.69 Å². The van der Waals surface area contributed by atoms with Gasteiger partial charge in [-0.15, -0.1) is 0 Å². The average Bonchev–Trinajstić information content (AvgIpc) is 2.72. The normalized spacial score (nSPS) is 11.8. The van der Waals surface area contributed by atoms with E-state index in [0.29, 0.717) is 10.6 Å². The number of carbonyl (C=O) groups is 1. The fraction of sp³-hybridized carbons (Fsp3) is 0.0455. The predicted molar refractivity (Wildman–Crippen MR) is 116 cm³/mol. The largest absolute Gasteiger partial charge is 0.288 e. The maximum Gasteiger partial charge on any atom is 0.276 e. The van der Waals surface area contributed by atoms with E-state index in [1.807, 2.05) is 0 Å². The monoisotopic (exact) mass is 441 g/mol. The number of carbonyl (C=O) groups excluding carboxylic acids is 1. The van der Waals surface area contributed by atoms with E-state index in [0.717, 1.165) is 6.08 Å². The van der Waals surface area contributed by atoms with E-state index in [2.05, 4.69) is 0 Å². The Hall–Kier alpha value is -3.29. The van der Waals surface area contributed by atoms with Crippen LogP contribution in [0.15, 0.2) is 83.8 Å². The van der Waals surface area contributed by atoms with Crippen molar-refractivity contribution >= 4 is 39.0 Å². The Bertz CT molecular complexity index is 1220. The number of allylic oxidation sites excluding steroid dienone is 1. The van der Waals surface area contributed by atoms with Crippen molar-refractivity contribution in [3.05, 3.63) is 116 Å². The topological polar surface area (TPSA) is 94.3 Å². The fourth-order valence-electron chi connectivity index (χ4n) is 2.83. The van der Waals surface area contributed by atoms with Crippen molar-refractivity contribution in [1.29, 1.82) is 0 Å². The zero-order valence-corrected chi connectivity index (χ0v) is 17.1. The Balaban J connectivity index is 2.15. The molecule has 3 aromatic carbocycles. The molecule has 8 heteroatoms. The first kappa shape index (κ1) is 21.4. The predicted octanol–water partition coefficient (Wildman–Crippen LogP) is 5.09. The van der Waals surface area contributed by atoms with Gasteiger partial charge in [0.05, 0.1) is 16.2 Å². The molecule has 0 aliphatic rings.